The highest BCUT2D eigenvalue weighted by molar-refractivity contribution is 7.86. The molecule has 0 aliphatic heterocycles. The molecule has 2 aromatic carbocycles. The highest BCUT2D eigenvalue weighted by Gasteiger charge is 2.13. The van der Waals surface area contributed by atoms with Gasteiger partial charge in [0.15, 0.2) is 0 Å². The maximum atomic E-state index is 12.2. The van der Waals surface area contributed by atoms with Gasteiger partial charge in [0, 0.05) is 12.2 Å². The molecule has 0 fully saturated rings. The van der Waals surface area contributed by atoms with Gasteiger partial charge in [-0.25, -0.2) is 0 Å². The first-order valence-corrected chi connectivity index (χ1v) is 8.02. The van der Waals surface area contributed by atoms with Crippen LogP contribution in [0.2, 0.25) is 5.02 Å². The van der Waals surface area contributed by atoms with Gasteiger partial charge in [-0.15, -0.1) is 0 Å². The number of anilines is 1. The predicted molar refractivity (Wildman–Crippen MR) is 85.7 cm³/mol. The van der Waals surface area contributed by atoms with Gasteiger partial charge in [-0.2, -0.15) is 0 Å². The highest BCUT2D eigenvalue weighted by atomic mass is 35.5. The summed E-state index contributed by atoms with van der Waals surface area (Å²) in [6.07, 6.45) is 0. The van der Waals surface area contributed by atoms with E-state index in [0.29, 0.717) is 22.2 Å². The number of carbonyl (C=O) groups excluding carboxylic acids is 1. The molecule has 2 rings (SSSR count). The number of rotatable bonds is 5. The summed E-state index contributed by atoms with van der Waals surface area (Å²) in [6, 6.07) is 14.0. The van der Waals surface area contributed by atoms with Crippen molar-refractivity contribution in [3.05, 3.63) is 59.1 Å². The minimum atomic E-state index is -1.48. The number of amides is 1. The molecule has 4 nitrogen and oxygen atoms in total. The number of para-hydroxylation sites is 1. The van der Waals surface area contributed by atoms with Crippen molar-refractivity contribution < 1.29 is 9.00 Å². The first-order chi connectivity index (χ1) is 10.1. The molecule has 0 bridgehead atoms. The van der Waals surface area contributed by atoms with Crippen LogP contribution in [0.5, 0.6) is 0 Å². The van der Waals surface area contributed by atoms with Gasteiger partial charge in [0.2, 0.25) is 5.91 Å². The lowest BCUT2D eigenvalue weighted by atomic mass is 10.2. The van der Waals surface area contributed by atoms with Crippen LogP contribution in [0.25, 0.3) is 0 Å². The van der Waals surface area contributed by atoms with Crippen molar-refractivity contribution in [2.24, 2.45) is 5.73 Å². The molecule has 6 heteroatoms. The average Bonchev–Trinajstić information content (AvgIpc) is 2.48. The number of halogens is 1. The van der Waals surface area contributed by atoms with Crippen molar-refractivity contribution in [2.75, 3.05) is 11.1 Å². The van der Waals surface area contributed by atoms with E-state index in [1.807, 2.05) is 12.1 Å². The van der Waals surface area contributed by atoms with E-state index in [1.54, 1.807) is 36.4 Å². The third-order valence-electron chi connectivity index (χ3n) is 2.86. The second-order valence-electron chi connectivity index (χ2n) is 4.33. The van der Waals surface area contributed by atoms with Gasteiger partial charge in [0.1, 0.15) is 5.75 Å². The van der Waals surface area contributed by atoms with E-state index < -0.39 is 10.8 Å². The summed E-state index contributed by atoms with van der Waals surface area (Å²) >= 11 is 5.97. The van der Waals surface area contributed by atoms with Gasteiger partial charge in [-0.05, 0) is 23.8 Å². The third kappa shape index (κ3) is 4.14. The maximum Gasteiger partial charge on any atom is 0.237 e. The van der Waals surface area contributed by atoms with Crippen LogP contribution in [0.15, 0.2) is 53.4 Å². The van der Waals surface area contributed by atoms with Gasteiger partial charge in [0.25, 0.3) is 0 Å². The normalized spacial score (nSPS) is 11.9. The number of nitrogens with one attached hydrogen (secondary N) is 1. The molecule has 0 heterocycles. The van der Waals surface area contributed by atoms with Crippen LogP contribution in [0.4, 0.5) is 5.69 Å². The Morgan fingerprint density at radius 3 is 2.52 bits per heavy atom. The molecule has 3 N–H and O–H groups in total. The lowest BCUT2D eigenvalue weighted by molar-refractivity contribution is -0.113. The molecule has 0 saturated heterocycles. The molecule has 1 atom stereocenters. The lowest BCUT2D eigenvalue weighted by Gasteiger charge is -2.09. The zero-order chi connectivity index (χ0) is 15.2. The number of nitrogens with two attached hydrogens (primary N) is 1. The fourth-order valence-corrected chi connectivity index (χ4v) is 3.21. The molecule has 110 valence electrons. The second kappa shape index (κ2) is 7.36. The predicted octanol–water partition coefficient (Wildman–Crippen LogP) is 2.55. The molecule has 0 radical (unpaired) electrons. The molecule has 2 aromatic rings. The van der Waals surface area contributed by atoms with Crippen LogP contribution in [-0.2, 0) is 22.1 Å². The summed E-state index contributed by atoms with van der Waals surface area (Å²) in [5, 5.41) is 3.12. The van der Waals surface area contributed by atoms with E-state index in [2.05, 4.69) is 5.32 Å². The summed E-state index contributed by atoms with van der Waals surface area (Å²) in [7, 11) is -1.48. The van der Waals surface area contributed by atoms with Crippen molar-refractivity contribution >= 4 is 34.0 Å². The maximum absolute atomic E-state index is 12.2. The molecule has 0 saturated carbocycles. The Bertz CT molecular complexity index is 676. The summed E-state index contributed by atoms with van der Waals surface area (Å²) in [6.45, 7) is 0.323. The topological polar surface area (TPSA) is 72.2 Å². The van der Waals surface area contributed by atoms with Crippen molar-refractivity contribution in [1.29, 1.82) is 0 Å². The van der Waals surface area contributed by atoms with Gasteiger partial charge in [-0.3, -0.25) is 9.00 Å². The third-order valence-corrected chi connectivity index (χ3v) is 4.67. The van der Waals surface area contributed by atoms with Gasteiger partial charge >= 0.3 is 0 Å². The Morgan fingerprint density at radius 2 is 1.81 bits per heavy atom. The van der Waals surface area contributed by atoms with Crippen LogP contribution >= 0.6 is 11.6 Å². The second-order valence-corrected chi connectivity index (χ2v) is 6.16. The molecular weight excluding hydrogens is 308 g/mol. The largest absolute Gasteiger partial charge is 0.326 e. The van der Waals surface area contributed by atoms with E-state index in [0.717, 1.165) is 5.56 Å². The minimum Gasteiger partial charge on any atom is -0.326 e. The Balaban J connectivity index is 2.05. The zero-order valence-corrected chi connectivity index (χ0v) is 12.8. The van der Waals surface area contributed by atoms with Crippen LogP contribution < -0.4 is 11.1 Å². The summed E-state index contributed by atoms with van der Waals surface area (Å²) < 4.78 is 12.2. The zero-order valence-electron chi connectivity index (χ0n) is 11.2. The smallest absolute Gasteiger partial charge is 0.237 e. The van der Waals surface area contributed by atoms with Crippen molar-refractivity contribution in [1.82, 2.24) is 0 Å². The Hall–Kier alpha value is -1.69. The van der Waals surface area contributed by atoms with Crippen molar-refractivity contribution in [3.63, 3.8) is 0 Å². The summed E-state index contributed by atoms with van der Waals surface area (Å²) in [5.41, 5.74) is 7.08. The fraction of sp³-hybridized carbons (Fsp3) is 0.133. The van der Waals surface area contributed by atoms with Crippen molar-refractivity contribution in [3.8, 4) is 0 Å². The molecule has 1 unspecified atom stereocenters. The standard InChI is InChI=1S/C15H15ClN2O2S/c16-12-6-2-4-8-14(12)21(20)10-15(19)18-13-7-3-1-5-11(13)9-17/h1-8H,9-10,17H2,(H,18,19). The number of carbonyl (C=O) groups is 1. The van der Waals surface area contributed by atoms with Gasteiger partial charge in [0.05, 0.1) is 20.7 Å². The summed E-state index contributed by atoms with van der Waals surface area (Å²) in [4.78, 5) is 12.4. The fourth-order valence-electron chi connectivity index (χ4n) is 1.83. The highest BCUT2D eigenvalue weighted by Crippen LogP contribution is 2.19. The van der Waals surface area contributed by atoms with Gasteiger partial charge in [-0.1, -0.05) is 41.9 Å². The van der Waals surface area contributed by atoms with Crippen LogP contribution in [-0.4, -0.2) is 15.9 Å². The van der Waals surface area contributed by atoms with E-state index in [-0.39, 0.29) is 11.7 Å². The van der Waals surface area contributed by atoms with Gasteiger partial charge < -0.3 is 11.1 Å². The molecule has 0 aliphatic carbocycles. The first-order valence-electron chi connectivity index (χ1n) is 6.32. The monoisotopic (exact) mass is 322 g/mol. The molecule has 1 amide bonds. The minimum absolute atomic E-state index is 0.150. The SMILES string of the molecule is NCc1ccccc1NC(=O)CS(=O)c1ccccc1Cl. The molecule has 0 spiro atoms. The van der Waals surface area contributed by atoms with E-state index >= 15 is 0 Å². The molecule has 0 aromatic heterocycles. The van der Waals surface area contributed by atoms with Crippen LogP contribution in [0, 0.1) is 0 Å². The van der Waals surface area contributed by atoms with Crippen LogP contribution in [0.1, 0.15) is 5.56 Å². The Labute approximate surface area is 130 Å². The van der Waals surface area contributed by atoms with E-state index in [1.165, 1.54) is 0 Å². The molecular formula is C15H15ClN2O2S. The first kappa shape index (κ1) is 15.7. The lowest BCUT2D eigenvalue weighted by Crippen LogP contribution is -2.20. The van der Waals surface area contributed by atoms with Crippen LogP contribution in [0.3, 0.4) is 0 Å². The quantitative estimate of drug-likeness (QED) is 0.888. The number of benzene rings is 2. The average molecular weight is 323 g/mol. The van der Waals surface area contributed by atoms with Crippen molar-refractivity contribution in [2.45, 2.75) is 11.4 Å². The number of hydrogen-bond acceptors (Lipinski definition) is 3. The number of hydrogen-bond donors (Lipinski definition) is 2. The molecule has 21 heavy (non-hydrogen) atoms. The Kier molecular flexibility index (Phi) is 5.50. The van der Waals surface area contributed by atoms with E-state index in [9.17, 15) is 9.00 Å². The summed E-state index contributed by atoms with van der Waals surface area (Å²) in [5.74, 6) is -0.489. The Morgan fingerprint density at radius 1 is 1.14 bits per heavy atom. The van der Waals surface area contributed by atoms with E-state index in [4.69, 9.17) is 17.3 Å². The molecule has 0 aliphatic rings.